The zero-order valence-electron chi connectivity index (χ0n) is 15.2. The van der Waals surface area contributed by atoms with Gasteiger partial charge in [0.1, 0.15) is 6.54 Å². The first kappa shape index (κ1) is 22.1. The van der Waals surface area contributed by atoms with Crippen molar-refractivity contribution in [2.75, 3.05) is 20.2 Å². The van der Waals surface area contributed by atoms with Gasteiger partial charge in [0.25, 0.3) is 0 Å². The van der Waals surface area contributed by atoms with Crippen molar-refractivity contribution in [1.82, 2.24) is 20.8 Å². The average Bonchev–Trinajstić information content (AvgIpc) is 2.91. The number of aromatic nitrogens is 2. The second-order valence-corrected chi connectivity index (χ2v) is 6.78. The number of nitrogens with one attached hydrogen (secondary N) is 2. The average molecular weight is 439 g/mol. The van der Waals surface area contributed by atoms with E-state index in [4.69, 9.17) is 9.26 Å². The smallest absolute Gasteiger partial charge is 0.232 e. The lowest BCUT2D eigenvalue weighted by Gasteiger charge is -2.24. The first-order chi connectivity index (χ1) is 10.2. The summed E-state index contributed by atoms with van der Waals surface area (Å²) < 4.78 is 10.6. The van der Waals surface area contributed by atoms with Crippen molar-refractivity contribution in [3.8, 4) is 0 Å². The Hall–Kier alpha value is -0.900. The van der Waals surface area contributed by atoms with E-state index in [1.54, 1.807) is 7.11 Å². The van der Waals surface area contributed by atoms with E-state index < -0.39 is 0 Å². The molecule has 1 rings (SSSR count). The molecule has 2 N–H and O–H groups in total. The highest BCUT2D eigenvalue weighted by molar-refractivity contribution is 14.0. The SMILES string of the molecule is CCNC(=NCc1noc(C(C)(C)C)n1)NCC(C)(C)OC.I. The van der Waals surface area contributed by atoms with E-state index in [2.05, 4.69) is 25.8 Å². The van der Waals surface area contributed by atoms with E-state index in [1.807, 2.05) is 41.5 Å². The van der Waals surface area contributed by atoms with E-state index in [0.29, 0.717) is 30.8 Å². The molecule has 7 nitrogen and oxygen atoms in total. The van der Waals surface area contributed by atoms with E-state index in [9.17, 15) is 0 Å². The highest BCUT2D eigenvalue weighted by Gasteiger charge is 2.21. The van der Waals surface area contributed by atoms with Gasteiger partial charge in [-0.3, -0.25) is 0 Å². The monoisotopic (exact) mass is 439 g/mol. The van der Waals surface area contributed by atoms with Crippen LogP contribution >= 0.6 is 24.0 Å². The lowest BCUT2D eigenvalue weighted by Crippen LogP contribution is -2.45. The van der Waals surface area contributed by atoms with Crippen LogP contribution < -0.4 is 10.6 Å². The first-order valence-corrected chi connectivity index (χ1v) is 7.58. The number of hydrogen-bond acceptors (Lipinski definition) is 5. The van der Waals surface area contributed by atoms with Crippen LogP contribution in [0.5, 0.6) is 0 Å². The predicted octanol–water partition coefficient (Wildman–Crippen LogP) is 2.47. The Balaban J connectivity index is 0.00000484. The van der Waals surface area contributed by atoms with Crippen LogP contribution in [0.1, 0.15) is 53.3 Å². The van der Waals surface area contributed by atoms with Crippen LogP contribution in [-0.4, -0.2) is 41.9 Å². The summed E-state index contributed by atoms with van der Waals surface area (Å²) in [6.07, 6.45) is 0. The molecule has 0 amide bonds. The van der Waals surface area contributed by atoms with Crippen molar-refractivity contribution in [1.29, 1.82) is 0 Å². The number of ether oxygens (including phenoxy) is 1. The lowest BCUT2D eigenvalue weighted by molar-refractivity contribution is 0.0268. The Morgan fingerprint density at radius 3 is 2.35 bits per heavy atom. The predicted molar refractivity (Wildman–Crippen MR) is 102 cm³/mol. The fraction of sp³-hybridized carbons (Fsp3) is 0.800. The van der Waals surface area contributed by atoms with Crippen molar-refractivity contribution < 1.29 is 9.26 Å². The van der Waals surface area contributed by atoms with Gasteiger partial charge in [-0.15, -0.1) is 24.0 Å². The molecular weight excluding hydrogens is 409 g/mol. The molecule has 0 unspecified atom stereocenters. The summed E-state index contributed by atoms with van der Waals surface area (Å²) in [5.41, 5.74) is -0.415. The number of nitrogens with zero attached hydrogens (tertiary/aromatic N) is 3. The van der Waals surface area contributed by atoms with E-state index in [1.165, 1.54) is 0 Å². The van der Waals surface area contributed by atoms with Crippen molar-refractivity contribution in [2.24, 2.45) is 4.99 Å². The number of methoxy groups -OCH3 is 1. The molecule has 0 aliphatic heterocycles. The lowest BCUT2D eigenvalue weighted by atomic mass is 9.97. The minimum atomic E-state index is -0.262. The largest absolute Gasteiger partial charge is 0.377 e. The van der Waals surface area contributed by atoms with Gasteiger partial charge in [0, 0.05) is 25.6 Å². The first-order valence-electron chi connectivity index (χ1n) is 7.58. The minimum Gasteiger partial charge on any atom is -0.377 e. The van der Waals surface area contributed by atoms with Crippen LogP contribution in [0.15, 0.2) is 9.52 Å². The van der Waals surface area contributed by atoms with Crippen LogP contribution in [-0.2, 0) is 16.7 Å². The molecule has 0 aromatic carbocycles. The summed E-state index contributed by atoms with van der Waals surface area (Å²) >= 11 is 0. The molecule has 1 aromatic rings. The maximum Gasteiger partial charge on any atom is 0.232 e. The van der Waals surface area contributed by atoms with Crippen LogP contribution in [0.3, 0.4) is 0 Å². The molecule has 0 saturated heterocycles. The molecule has 1 heterocycles. The van der Waals surface area contributed by atoms with Crippen molar-refractivity contribution in [3.63, 3.8) is 0 Å². The van der Waals surface area contributed by atoms with Crippen LogP contribution in [0.4, 0.5) is 0 Å². The van der Waals surface area contributed by atoms with Crippen LogP contribution in [0, 0.1) is 0 Å². The minimum absolute atomic E-state index is 0. The Kier molecular flexibility index (Phi) is 9.04. The van der Waals surface area contributed by atoms with Crippen molar-refractivity contribution in [3.05, 3.63) is 11.7 Å². The topological polar surface area (TPSA) is 84.6 Å². The molecule has 134 valence electrons. The molecule has 1 aromatic heterocycles. The second-order valence-electron chi connectivity index (χ2n) is 6.78. The van der Waals surface area contributed by atoms with Gasteiger partial charge >= 0.3 is 0 Å². The number of aliphatic imine (C=N–C) groups is 1. The molecule has 0 aliphatic carbocycles. The summed E-state index contributed by atoms with van der Waals surface area (Å²) in [6, 6.07) is 0. The van der Waals surface area contributed by atoms with E-state index in [-0.39, 0.29) is 35.0 Å². The number of guanidine groups is 1. The number of rotatable bonds is 6. The van der Waals surface area contributed by atoms with Gasteiger partial charge in [0.15, 0.2) is 11.8 Å². The third kappa shape index (κ3) is 7.96. The standard InChI is InChI=1S/C15H29N5O2.HI/c1-8-16-13(18-10-15(5,6)21-7)17-9-11-19-12(22-20-11)14(2,3)4;/h8-10H2,1-7H3,(H2,16,17,18);1H. The van der Waals surface area contributed by atoms with Crippen molar-refractivity contribution >= 4 is 29.9 Å². The van der Waals surface area contributed by atoms with Gasteiger partial charge in [-0.05, 0) is 20.8 Å². The van der Waals surface area contributed by atoms with Gasteiger partial charge in [-0.25, -0.2) is 4.99 Å². The Labute approximate surface area is 156 Å². The number of halogens is 1. The molecule has 0 atom stereocenters. The Bertz CT molecular complexity index is 494. The molecular formula is C15H30IN5O2. The summed E-state index contributed by atoms with van der Waals surface area (Å²) in [5, 5.41) is 10.4. The molecule has 8 heteroatoms. The van der Waals surface area contributed by atoms with Gasteiger partial charge < -0.3 is 19.9 Å². The zero-order chi connectivity index (χ0) is 16.8. The molecule has 23 heavy (non-hydrogen) atoms. The van der Waals surface area contributed by atoms with Gasteiger partial charge in [0.05, 0.1) is 5.60 Å². The quantitative estimate of drug-likeness (QED) is 0.403. The fourth-order valence-electron chi connectivity index (χ4n) is 1.48. The van der Waals surface area contributed by atoms with Crippen molar-refractivity contribution in [2.45, 2.75) is 59.1 Å². The molecule has 0 radical (unpaired) electrons. The molecule has 0 aliphatic rings. The molecule has 0 fully saturated rings. The molecule has 0 spiro atoms. The fourth-order valence-corrected chi connectivity index (χ4v) is 1.48. The van der Waals surface area contributed by atoms with E-state index in [0.717, 1.165) is 6.54 Å². The second kappa shape index (κ2) is 9.41. The normalized spacial score (nSPS) is 12.7. The van der Waals surface area contributed by atoms with Crippen LogP contribution in [0.2, 0.25) is 0 Å². The maximum absolute atomic E-state index is 5.38. The third-order valence-electron chi connectivity index (χ3n) is 3.07. The summed E-state index contributed by atoms with van der Waals surface area (Å²) in [6.45, 7) is 13.9. The Morgan fingerprint density at radius 2 is 1.87 bits per heavy atom. The summed E-state index contributed by atoms with van der Waals surface area (Å²) in [4.78, 5) is 8.84. The maximum atomic E-state index is 5.38. The summed E-state index contributed by atoms with van der Waals surface area (Å²) in [5.74, 6) is 1.90. The third-order valence-corrected chi connectivity index (χ3v) is 3.07. The molecule has 0 saturated carbocycles. The highest BCUT2D eigenvalue weighted by Crippen LogP contribution is 2.19. The van der Waals surface area contributed by atoms with Gasteiger partial charge in [-0.1, -0.05) is 25.9 Å². The highest BCUT2D eigenvalue weighted by atomic mass is 127. The van der Waals surface area contributed by atoms with Gasteiger partial charge in [-0.2, -0.15) is 4.98 Å². The Morgan fingerprint density at radius 1 is 1.22 bits per heavy atom. The summed E-state index contributed by atoms with van der Waals surface area (Å²) in [7, 11) is 1.69. The van der Waals surface area contributed by atoms with Crippen LogP contribution in [0.25, 0.3) is 0 Å². The molecule has 0 bridgehead atoms. The van der Waals surface area contributed by atoms with Gasteiger partial charge in [0.2, 0.25) is 5.89 Å². The van der Waals surface area contributed by atoms with E-state index >= 15 is 0 Å². The number of hydrogen-bond donors (Lipinski definition) is 2. The zero-order valence-corrected chi connectivity index (χ0v) is 17.5.